The minimum Gasteiger partial charge on any atom is -0.459 e. The van der Waals surface area contributed by atoms with Crippen LogP contribution < -0.4 is 0 Å². The summed E-state index contributed by atoms with van der Waals surface area (Å²) in [5.74, 6) is -1.28. The van der Waals surface area contributed by atoms with Gasteiger partial charge in [-0.25, -0.2) is 21.2 Å². The molecule has 0 unspecified atom stereocenters. The number of hydrogen-bond acceptors (Lipinski definition) is 7. The average molecular weight is 471 g/mol. The van der Waals surface area contributed by atoms with Gasteiger partial charge in [-0.2, -0.15) is 0 Å². The van der Waals surface area contributed by atoms with E-state index in [1.54, 1.807) is 17.0 Å². The van der Waals surface area contributed by atoms with E-state index in [1.165, 1.54) is 25.3 Å². The average Bonchev–Trinajstić information content (AvgIpc) is 3.37. The van der Waals surface area contributed by atoms with Gasteiger partial charge >= 0.3 is 0 Å². The van der Waals surface area contributed by atoms with E-state index < -0.39 is 42.5 Å². The molecule has 0 saturated carbocycles. The summed E-state index contributed by atoms with van der Waals surface area (Å²) < 4.78 is 70.1. The van der Waals surface area contributed by atoms with Crippen LogP contribution in [0.4, 0.5) is 4.39 Å². The van der Waals surface area contributed by atoms with Crippen molar-refractivity contribution in [2.75, 3.05) is 37.7 Å². The lowest BCUT2D eigenvalue weighted by Gasteiger charge is -2.39. The third-order valence-corrected chi connectivity index (χ3v) is 10.0. The SMILES string of the molecule is Cc1cc(S(=O)(=O)[C@@H]2CS(=O)(=O)C[C@H]2N2CCN(C(=O)c3ccco3)CC2)ccc1F. The molecule has 2 aliphatic heterocycles. The molecule has 0 aliphatic carbocycles. The Bertz CT molecular complexity index is 1190. The van der Waals surface area contributed by atoms with Crippen LogP contribution in [-0.2, 0) is 19.7 Å². The van der Waals surface area contributed by atoms with Crippen molar-refractivity contribution in [1.29, 1.82) is 0 Å². The number of benzene rings is 1. The number of aryl methyl sites for hydroxylation is 1. The van der Waals surface area contributed by atoms with Gasteiger partial charge in [-0.3, -0.25) is 9.69 Å². The largest absolute Gasteiger partial charge is 0.459 e. The van der Waals surface area contributed by atoms with Crippen molar-refractivity contribution in [3.05, 3.63) is 53.7 Å². The van der Waals surface area contributed by atoms with Crippen molar-refractivity contribution < 1.29 is 30.4 Å². The second-order valence-corrected chi connectivity index (χ2v) is 12.3. The molecule has 2 aliphatic rings. The molecule has 2 fully saturated rings. The second-order valence-electron chi connectivity index (χ2n) is 7.94. The van der Waals surface area contributed by atoms with Crippen molar-refractivity contribution in [3.63, 3.8) is 0 Å². The third kappa shape index (κ3) is 4.26. The number of carbonyl (C=O) groups excluding carboxylic acids is 1. The van der Waals surface area contributed by atoms with E-state index in [0.717, 1.165) is 6.07 Å². The summed E-state index contributed by atoms with van der Waals surface area (Å²) in [6, 6.07) is 5.98. The molecule has 0 spiro atoms. The van der Waals surface area contributed by atoms with E-state index in [2.05, 4.69) is 0 Å². The van der Waals surface area contributed by atoms with Crippen molar-refractivity contribution in [2.24, 2.45) is 0 Å². The number of amides is 1. The number of carbonyl (C=O) groups is 1. The van der Waals surface area contributed by atoms with Crippen molar-refractivity contribution in [2.45, 2.75) is 23.1 Å². The first-order valence-electron chi connectivity index (χ1n) is 9.86. The molecule has 1 aromatic heterocycles. The zero-order chi connectivity index (χ0) is 22.4. The number of nitrogens with zero attached hydrogens (tertiary/aromatic N) is 2. The molecule has 1 aromatic carbocycles. The summed E-state index contributed by atoms with van der Waals surface area (Å²) in [7, 11) is -7.56. The molecule has 3 heterocycles. The van der Waals surface area contributed by atoms with Gasteiger partial charge < -0.3 is 9.32 Å². The Morgan fingerprint density at radius 2 is 1.84 bits per heavy atom. The molecule has 11 heteroatoms. The molecule has 31 heavy (non-hydrogen) atoms. The summed E-state index contributed by atoms with van der Waals surface area (Å²) >= 11 is 0. The van der Waals surface area contributed by atoms with Crippen LogP contribution in [0.5, 0.6) is 0 Å². The summed E-state index contributed by atoms with van der Waals surface area (Å²) in [6.45, 7) is 2.83. The van der Waals surface area contributed by atoms with Gasteiger partial charge in [0.1, 0.15) is 5.82 Å². The Balaban J connectivity index is 1.54. The number of hydrogen-bond donors (Lipinski definition) is 0. The summed E-state index contributed by atoms with van der Waals surface area (Å²) in [4.78, 5) is 15.8. The lowest BCUT2D eigenvalue weighted by atomic mass is 10.2. The van der Waals surface area contributed by atoms with Crippen LogP contribution >= 0.6 is 0 Å². The smallest absolute Gasteiger partial charge is 0.289 e. The lowest BCUT2D eigenvalue weighted by molar-refractivity contribution is 0.0560. The van der Waals surface area contributed by atoms with Crippen LogP contribution in [0.2, 0.25) is 0 Å². The maximum absolute atomic E-state index is 13.6. The van der Waals surface area contributed by atoms with E-state index in [-0.39, 0.29) is 27.9 Å². The van der Waals surface area contributed by atoms with Crippen LogP contribution in [0.3, 0.4) is 0 Å². The highest BCUT2D eigenvalue weighted by Crippen LogP contribution is 2.30. The fourth-order valence-corrected chi connectivity index (χ4v) is 9.13. The first-order valence-corrected chi connectivity index (χ1v) is 13.2. The molecule has 1 amide bonds. The maximum Gasteiger partial charge on any atom is 0.289 e. The third-order valence-electron chi connectivity index (χ3n) is 5.93. The molecule has 2 atom stereocenters. The predicted octanol–water partition coefficient (Wildman–Crippen LogP) is 1.12. The van der Waals surface area contributed by atoms with Gasteiger partial charge in [0.25, 0.3) is 5.91 Å². The predicted molar refractivity (Wildman–Crippen MR) is 111 cm³/mol. The van der Waals surface area contributed by atoms with Crippen molar-refractivity contribution in [3.8, 4) is 0 Å². The molecule has 2 aromatic rings. The number of halogens is 1. The fourth-order valence-electron chi connectivity index (χ4n) is 4.22. The zero-order valence-corrected chi connectivity index (χ0v) is 18.5. The Morgan fingerprint density at radius 1 is 1.13 bits per heavy atom. The topological polar surface area (TPSA) is 105 Å². The molecule has 2 saturated heterocycles. The van der Waals surface area contributed by atoms with Crippen LogP contribution in [0.1, 0.15) is 16.1 Å². The first-order chi connectivity index (χ1) is 14.6. The molecule has 8 nitrogen and oxygen atoms in total. The van der Waals surface area contributed by atoms with E-state index in [9.17, 15) is 26.0 Å². The van der Waals surface area contributed by atoms with Gasteiger partial charge in [0.2, 0.25) is 0 Å². The maximum atomic E-state index is 13.6. The Hall–Kier alpha value is -2.24. The van der Waals surface area contributed by atoms with Gasteiger partial charge in [-0.15, -0.1) is 0 Å². The fraction of sp³-hybridized carbons (Fsp3) is 0.450. The van der Waals surface area contributed by atoms with Gasteiger partial charge in [0.05, 0.1) is 27.9 Å². The van der Waals surface area contributed by atoms with E-state index in [1.807, 2.05) is 4.90 Å². The van der Waals surface area contributed by atoms with Gasteiger partial charge in [0.15, 0.2) is 25.4 Å². The van der Waals surface area contributed by atoms with Crippen molar-refractivity contribution in [1.82, 2.24) is 9.80 Å². The van der Waals surface area contributed by atoms with E-state index >= 15 is 0 Å². The van der Waals surface area contributed by atoms with Crippen LogP contribution in [0, 0.1) is 12.7 Å². The highest BCUT2D eigenvalue weighted by atomic mass is 32.2. The molecule has 168 valence electrons. The molecule has 4 rings (SSSR count). The van der Waals surface area contributed by atoms with Crippen LogP contribution in [0.15, 0.2) is 45.9 Å². The molecular formula is C20H23FN2O6S2. The Morgan fingerprint density at radius 3 is 2.45 bits per heavy atom. The normalized spacial score (nSPS) is 24.4. The van der Waals surface area contributed by atoms with Crippen molar-refractivity contribution >= 4 is 25.6 Å². The number of piperazine rings is 1. The lowest BCUT2D eigenvalue weighted by Crippen LogP contribution is -2.55. The second kappa shape index (κ2) is 8.03. The van der Waals surface area contributed by atoms with Gasteiger partial charge in [-0.05, 0) is 42.8 Å². The summed E-state index contributed by atoms with van der Waals surface area (Å²) in [6.07, 6.45) is 1.42. The van der Waals surface area contributed by atoms with E-state index in [4.69, 9.17) is 4.42 Å². The molecular weight excluding hydrogens is 447 g/mol. The van der Waals surface area contributed by atoms with Gasteiger partial charge in [-0.1, -0.05) is 0 Å². The highest BCUT2D eigenvalue weighted by Gasteiger charge is 2.48. The Labute approximate surface area is 180 Å². The number of furan rings is 1. The first kappa shape index (κ1) is 22.0. The van der Waals surface area contributed by atoms with Crippen LogP contribution in [-0.4, -0.2) is 81.5 Å². The molecule has 0 N–H and O–H groups in total. The highest BCUT2D eigenvalue weighted by molar-refractivity contribution is 7.96. The quantitative estimate of drug-likeness (QED) is 0.617. The Kier molecular flexibility index (Phi) is 5.69. The minimum atomic E-state index is -4.00. The number of rotatable bonds is 4. The van der Waals surface area contributed by atoms with Crippen LogP contribution in [0.25, 0.3) is 0 Å². The standard InChI is InChI=1S/C20H23FN2O6S2/c1-14-11-15(4-5-16(14)21)31(27,28)19-13-30(25,26)12-17(19)22-6-8-23(9-7-22)20(24)18-3-2-10-29-18/h2-5,10-11,17,19H,6-9,12-13H2,1H3/t17-,19-/m1/s1. The molecule has 0 radical (unpaired) electrons. The minimum absolute atomic E-state index is 0.0786. The molecule has 0 bridgehead atoms. The summed E-state index contributed by atoms with van der Waals surface area (Å²) in [5.41, 5.74) is 0.184. The van der Waals surface area contributed by atoms with Gasteiger partial charge in [0, 0.05) is 32.2 Å². The monoisotopic (exact) mass is 470 g/mol. The number of sulfone groups is 2. The zero-order valence-electron chi connectivity index (χ0n) is 16.9. The summed E-state index contributed by atoms with van der Waals surface area (Å²) in [5, 5.41) is -1.14. The van der Waals surface area contributed by atoms with E-state index in [0.29, 0.717) is 26.2 Å².